The largest absolute Gasteiger partial charge is 0.463 e. The highest BCUT2D eigenvalue weighted by Crippen LogP contribution is 2.36. The van der Waals surface area contributed by atoms with Crippen LogP contribution in [0, 0.1) is 5.92 Å². The molecule has 0 aliphatic heterocycles. The summed E-state index contributed by atoms with van der Waals surface area (Å²) >= 11 is 0. The van der Waals surface area contributed by atoms with Crippen molar-refractivity contribution in [2.45, 2.75) is 72.8 Å². The van der Waals surface area contributed by atoms with Gasteiger partial charge in [0.25, 0.3) is 0 Å². The smallest absolute Gasteiger partial charge is 0.310 e. The van der Waals surface area contributed by atoms with Gasteiger partial charge in [0.1, 0.15) is 18.2 Å². The number of hydrogen-bond donors (Lipinski definition) is 3. The van der Waals surface area contributed by atoms with E-state index in [1.807, 2.05) is 6.92 Å². The van der Waals surface area contributed by atoms with Crippen LogP contribution in [0.15, 0.2) is 12.7 Å². The number of carbonyl (C=O) groups excluding carboxylic acids is 2. The molecular weight excluding hydrogens is 489 g/mol. The van der Waals surface area contributed by atoms with Gasteiger partial charge in [-0.2, -0.15) is 0 Å². The Bertz CT molecular complexity index is 1060. The lowest BCUT2D eigenvalue weighted by atomic mass is 10.2. The van der Waals surface area contributed by atoms with E-state index in [1.54, 1.807) is 45.5 Å². The summed E-state index contributed by atoms with van der Waals surface area (Å²) in [5.41, 5.74) is 6.90. The van der Waals surface area contributed by atoms with Crippen molar-refractivity contribution in [3.8, 4) is 0 Å². The number of carbonyl (C=O) groups is 2. The molecule has 0 aliphatic carbocycles. The Labute approximate surface area is 211 Å². The second kappa shape index (κ2) is 13.6. The summed E-state index contributed by atoms with van der Waals surface area (Å²) < 4.78 is 31.6. The zero-order chi connectivity index (χ0) is 26.9. The van der Waals surface area contributed by atoms with Gasteiger partial charge in [-0.05, 0) is 34.6 Å². The number of imidazole rings is 1. The maximum absolute atomic E-state index is 13.6. The van der Waals surface area contributed by atoms with Gasteiger partial charge in [0.15, 0.2) is 11.5 Å². The van der Waals surface area contributed by atoms with Crippen LogP contribution < -0.4 is 15.9 Å². The molecule has 0 bridgehead atoms. The maximum Gasteiger partial charge on any atom is 0.310 e. The third kappa shape index (κ3) is 9.45. The summed E-state index contributed by atoms with van der Waals surface area (Å²) in [7, 11) is -3.35. The lowest BCUT2D eigenvalue weighted by Crippen LogP contribution is -2.34. The highest BCUT2D eigenvalue weighted by Gasteiger charge is 2.26. The van der Waals surface area contributed by atoms with Crippen LogP contribution in [0.5, 0.6) is 0 Å². The lowest BCUT2D eigenvalue weighted by Gasteiger charge is -2.24. The first-order valence-corrected chi connectivity index (χ1v) is 13.8. The first-order valence-electron chi connectivity index (χ1n) is 11.9. The Morgan fingerprint density at radius 2 is 1.75 bits per heavy atom. The molecule has 0 spiro atoms. The van der Waals surface area contributed by atoms with Gasteiger partial charge in [-0.1, -0.05) is 6.92 Å². The Kier molecular flexibility index (Phi) is 11.2. The van der Waals surface area contributed by atoms with Crippen molar-refractivity contribution >= 4 is 36.4 Å². The summed E-state index contributed by atoms with van der Waals surface area (Å²) in [4.78, 5) is 36.4. The van der Waals surface area contributed by atoms with Gasteiger partial charge in [-0.25, -0.2) is 15.0 Å². The molecule has 14 heteroatoms. The second-order valence-electron chi connectivity index (χ2n) is 9.12. The monoisotopic (exact) mass is 527 g/mol. The van der Waals surface area contributed by atoms with Gasteiger partial charge in [0.2, 0.25) is 7.44 Å². The molecule has 4 N–H and O–H groups in total. The third-order valence-electron chi connectivity index (χ3n) is 4.89. The van der Waals surface area contributed by atoms with Gasteiger partial charge < -0.3 is 24.5 Å². The standard InChI is InChI=1S/C22H38N7O6P/c1-14(2)34-18(30)7-8-27-36(32,28-9-16(5)22(31)35-15(3)4)13-33-17(6)10-29-12-26-19-20(23)24-11-25-21(19)29/h11-12,14-17H,7-10,13H2,1-6H3,(H2,23,24,25)(H2,27,28,32). The van der Waals surface area contributed by atoms with Crippen LogP contribution in [0.2, 0.25) is 0 Å². The maximum atomic E-state index is 13.6. The van der Waals surface area contributed by atoms with Crippen molar-refractivity contribution in [2.24, 2.45) is 5.92 Å². The van der Waals surface area contributed by atoms with Gasteiger partial charge >= 0.3 is 11.9 Å². The highest BCUT2D eigenvalue weighted by atomic mass is 31.2. The van der Waals surface area contributed by atoms with Crippen molar-refractivity contribution in [3.05, 3.63) is 12.7 Å². The number of fused-ring (bicyclic) bond motifs is 1. The molecule has 0 amide bonds. The predicted molar refractivity (Wildman–Crippen MR) is 135 cm³/mol. The van der Waals surface area contributed by atoms with E-state index < -0.39 is 25.3 Å². The Morgan fingerprint density at radius 1 is 1.06 bits per heavy atom. The second-order valence-corrected chi connectivity index (χ2v) is 11.5. The molecule has 0 fully saturated rings. The minimum absolute atomic E-state index is 0.0342. The lowest BCUT2D eigenvalue weighted by molar-refractivity contribution is -0.151. The van der Waals surface area contributed by atoms with E-state index in [0.29, 0.717) is 17.7 Å². The summed E-state index contributed by atoms with van der Waals surface area (Å²) in [6.07, 6.45) is 1.95. The van der Waals surface area contributed by atoms with Crippen LogP contribution in [0.3, 0.4) is 0 Å². The fourth-order valence-electron chi connectivity index (χ4n) is 3.12. The molecule has 2 heterocycles. The average molecular weight is 528 g/mol. The molecule has 2 rings (SSSR count). The number of hydrogen-bond acceptors (Lipinski definition) is 10. The SMILES string of the molecule is CC(C)OC(=O)CCNP(=O)(COC(C)Cn1cnc2c(N)ncnc21)NCC(C)C(=O)OC(C)C. The third-order valence-corrected chi connectivity index (χ3v) is 6.84. The molecule has 3 atom stereocenters. The summed E-state index contributed by atoms with van der Waals surface area (Å²) in [5.74, 6) is -1.05. The first-order chi connectivity index (χ1) is 16.9. The molecular formula is C22H38N7O6P. The normalized spacial score (nSPS) is 15.1. The number of aromatic nitrogens is 4. The molecule has 0 saturated heterocycles. The van der Waals surface area contributed by atoms with Crippen LogP contribution >= 0.6 is 7.44 Å². The summed E-state index contributed by atoms with van der Waals surface area (Å²) in [6.45, 7) is 11.1. The van der Waals surface area contributed by atoms with Gasteiger partial charge in [-0.3, -0.25) is 24.3 Å². The molecule has 3 unspecified atom stereocenters. The predicted octanol–water partition coefficient (Wildman–Crippen LogP) is 2.07. The summed E-state index contributed by atoms with van der Waals surface area (Å²) in [6, 6.07) is 0. The van der Waals surface area contributed by atoms with E-state index in [4.69, 9.17) is 19.9 Å². The molecule has 202 valence electrons. The van der Waals surface area contributed by atoms with E-state index in [1.165, 1.54) is 6.33 Å². The number of nitrogens with zero attached hydrogens (tertiary/aromatic N) is 4. The number of nitrogen functional groups attached to an aromatic ring is 1. The minimum atomic E-state index is -3.35. The van der Waals surface area contributed by atoms with Crippen molar-refractivity contribution < 1.29 is 28.4 Å². The number of rotatable bonds is 15. The average Bonchev–Trinajstić information content (AvgIpc) is 3.19. The van der Waals surface area contributed by atoms with Crippen LogP contribution in [0.1, 0.15) is 48.0 Å². The highest BCUT2D eigenvalue weighted by molar-refractivity contribution is 7.59. The minimum Gasteiger partial charge on any atom is -0.463 e. The van der Waals surface area contributed by atoms with E-state index in [2.05, 4.69) is 25.1 Å². The van der Waals surface area contributed by atoms with Crippen LogP contribution in [0.4, 0.5) is 5.82 Å². The Hall–Kier alpha value is -2.60. The van der Waals surface area contributed by atoms with Gasteiger partial charge in [-0.15, -0.1) is 0 Å². The first kappa shape index (κ1) is 29.6. The van der Waals surface area contributed by atoms with Crippen LogP contribution in [-0.4, -0.2) is 69.2 Å². The van der Waals surface area contributed by atoms with E-state index in [0.717, 1.165) is 0 Å². The fraction of sp³-hybridized carbons (Fsp3) is 0.682. The quantitative estimate of drug-likeness (QED) is 0.228. The van der Waals surface area contributed by atoms with Gasteiger partial charge in [0.05, 0.1) is 43.5 Å². The Balaban J connectivity index is 2.00. The molecule has 13 nitrogen and oxygen atoms in total. The zero-order valence-electron chi connectivity index (χ0n) is 21.8. The number of nitrogens with one attached hydrogen (secondary N) is 2. The summed E-state index contributed by atoms with van der Waals surface area (Å²) in [5, 5.41) is 5.82. The number of esters is 2. The van der Waals surface area contributed by atoms with Gasteiger partial charge in [0, 0.05) is 13.1 Å². The van der Waals surface area contributed by atoms with Crippen molar-refractivity contribution in [2.75, 3.05) is 25.2 Å². The molecule has 0 radical (unpaired) electrons. The fourth-order valence-corrected chi connectivity index (χ4v) is 4.92. The van der Waals surface area contributed by atoms with Crippen molar-refractivity contribution in [3.63, 3.8) is 0 Å². The van der Waals surface area contributed by atoms with Crippen LogP contribution in [-0.2, 0) is 34.9 Å². The number of nitrogens with two attached hydrogens (primary N) is 1. The molecule has 2 aromatic heterocycles. The van der Waals surface area contributed by atoms with Crippen molar-refractivity contribution in [1.82, 2.24) is 29.7 Å². The molecule has 0 saturated carbocycles. The van der Waals surface area contributed by atoms with Crippen LogP contribution in [0.25, 0.3) is 11.2 Å². The zero-order valence-corrected chi connectivity index (χ0v) is 22.7. The van der Waals surface area contributed by atoms with E-state index in [9.17, 15) is 14.2 Å². The Morgan fingerprint density at radius 3 is 2.42 bits per heavy atom. The molecule has 0 aromatic carbocycles. The molecule has 0 aliphatic rings. The van der Waals surface area contributed by atoms with Crippen molar-refractivity contribution in [1.29, 1.82) is 0 Å². The van der Waals surface area contributed by atoms with E-state index >= 15 is 0 Å². The van der Waals surface area contributed by atoms with E-state index in [-0.39, 0.29) is 50.0 Å². The molecule has 36 heavy (non-hydrogen) atoms. The number of ether oxygens (including phenoxy) is 3. The number of anilines is 1. The molecule has 2 aromatic rings. The topological polar surface area (TPSA) is 173 Å².